The van der Waals surface area contributed by atoms with E-state index < -0.39 is 25.8 Å². The van der Waals surface area contributed by atoms with E-state index in [4.69, 9.17) is 0 Å². The average Bonchev–Trinajstić information content (AvgIpc) is 3.19. The number of halogens is 1. The van der Waals surface area contributed by atoms with Crippen molar-refractivity contribution in [1.29, 1.82) is 0 Å². The van der Waals surface area contributed by atoms with Gasteiger partial charge >= 0.3 is 0 Å². The number of hydrogen-bond acceptors (Lipinski definition) is 4. The van der Waals surface area contributed by atoms with E-state index in [1.165, 1.54) is 30.5 Å². The van der Waals surface area contributed by atoms with Crippen LogP contribution in [0.1, 0.15) is 22.3 Å². The Bertz CT molecular complexity index is 1590. The molecule has 0 saturated carbocycles. The van der Waals surface area contributed by atoms with Crippen LogP contribution in [0.4, 0.5) is 4.39 Å². The van der Waals surface area contributed by atoms with E-state index in [0.29, 0.717) is 28.5 Å². The standard InChI is InChI=1S/C24H22FNO5S2/c1-15-9-12-22(33(29,30)31)20(16(15)2)11-10-17-5-3-8-21-24(17)23(14-26-21)32(27,28)19-7-4-6-18(25)13-19/h3-9,12-14,26H,10-11H2,1-2H3,(H,29,30,31). The van der Waals surface area contributed by atoms with Crippen molar-refractivity contribution in [2.45, 2.75) is 41.4 Å². The Hall–Kier alpha value is -3.01. The lowest BCUT2D eigenvalue weighted by Crippen LogP contribution is -2.08. The summed E-state index contributed by atoms with van der Waals surface area (Å²) in [4.78, 5) is 2.68. The van der Waals surface area contributed by atoms with Crippen LogP contribution in [-0.4, -0.2) is 26.4 Å². The Kier molecular flexibility index (Phi) is 5.90. The lowest BCUT2D eigenvalue weighted by molar-refractivity contribution is 0.482. The van der Waals surface area contributed by atoms with E-state index >= 15 is 0 Å². The van der Waals surface area contributed by atoms with Crippen molar-refractivity contribution in [3.8, 4) is 0 Å². The third kappa shape index (κ3) is 4.31. The monoisotopic (exact) mass is 487 g/mol. The van der Waals surface area contributed by atoms with E-state index in [1.807, 2.05) is 6.92 Å². The summed E-state index contributed by atoms with van der Waals surface area (Å²) >= 11 is 0. The van der Waals surface area contributed by atoms with E-state index in [2.05, 4.69) is 4.98 Å². The minimum absolute atomic E-state index is 0.0228. The van der Waals surface area contributed by atoms with Gasteiger partial charge in [0.05, 0.1) is 14.7 Å². The van der Waals surface area contributed by atoms with Crippen LogP contribution in [0.25, 0.3) is 10.9 Å². The lowest BCUT2D eigenvalue weighted by atomic mass is 9.96. The largest absolute Gasteiger partial charge is 0.360 e. The molecule has 172 valence electrons. The van der Waals surface area contributed by atoms with Crippen molar-refractivity contribution in [3.05, 3.63) is 88.9 Å². The Labute approximate surface area is 191 Å². The summed E-state index contributed by atoms with van der Waals surface area (Å²) in [7, 11) is -8.42. The summed E-state index contributed by atoms with van der Waals surface area (Å²) < 4.78 is 73.7. The summed E-state index contributed by atoms with van der Waals surface area (Å²) in [6.07, 6.45) is 1.98. The number of H-pyrrole nitrogens is 1. The van der Waals surface area contributed by atoms with Crippen molar-refractivity contribution in [2.75, 3.05) is 0 Å². The van der Waals surface area contributed by atoms with Crippen molar-refractivity contribution in [3.63, 3.8) is 0 Å². The van der Waals surface area contributed by atoms with Crippen LogP contribution in [0.15, 0.2) is 75.5 Å². The van der Waals surface area contributed by atoms with Gasteiger partial charge in [-0.05, 0) is 79.3 Å². The molecule has 1 aromatic heterocycles. The van der Waals surface area contributed by atoms with Gasteiger partial charge in [-0.3, -0.25) is 4.55 Å². The van der Waals surface area contributed by atoms with Gasteiger partial charge in [0.15, 0.2) is 0 Å². The number of aromatic amines is 1. The molecule has 9 heteroatoms. The fourth-order valence-electron chi connectivity index (χ4n) is 4.07. The molecule has 0 radical (unpaired) electrons. The average molecular weight is 488 g/mol. The van der Waals surface area contributed by atoms with Gasteiger partial charge in [0.1, 0.15) is 5.82 Å². The van der Waals surface area contributed by atoms with Crippen LogP contribution >= 0.6 is 0 Å². The highest BCUT2D eigenvalue weighted by Crippen LogP contribution is 2.32. The number of hydrogen-bond donors (Lipinski definition) is 2. The normalized spacial score (nSPS) is 12.4. The first-order valence-electron chi connectivity index (χ1n) is 10.2. The van der Waals surface area contributed by atoms with Gasteiger partial charge in [0.25, 0.3) is 10.1 Å². The smallest absolute Gasteiger partial charge is 0.294 e. The molecule has 0 spiro atoms. The molecule has 33 heavy (non-hydrogen) atoms. The molecule has 0 fully saturated rings. The first-order chi connectivity index (χ1) is 15.5. The number of benzene rings is 3. The van der Waals surface area contributed by atoms with Gasteiger partial charge < -0.3 is 4.98 Å². The highest BCUT2D eigenvalue weighted by atomic mass is 32.2. The van der Waals surface area contributed by atoms with Gasteiger partial charge in [0, 0.05) is 17.1 Å². The fourth-order valence-corrected chi connectivity index (χ4v) is 6.38. The number of sulfone groups is 1. The van der Waals surface area contributed by atoms with Crippen LogP contribution < -0.4 is 0 Å². The first-order valence-corrected chi connectivity index (χ1v) is 13.1. The van der Waals surface area contributed by atoms with Crippen molar-refractivity contribution in [2.24, 2.45) is 0 Å². The lowest BCUT2D eigenvalue weighted by Gasteiger charge is -2.14. The molecule has 6 nitrogen and oxygen atoms in total. The topological polar surface area (TPSA) is 104 Å². The molecule has 0 unspecified atom stereocenters. The van der Waals surface area contributed by atoms with Gasteiger partial charge in [-0.2, -0.15) is 8.42 Å². The van der Waals surface area contributed by atoms with Gasteiger partial charge in [0.2, 0.25) is 9.84 Å². The van der Waals surface area contributed by atoms with E-state index in [1.54, 1.807) is 31.2 Å². The first kappa shape index (κ1) is 23.2. The quantitative estimate of drug-likeness (QED) is 0.381. The summed E-state index contributed by atoms with van der Waals surface area (Å²) in [6.45, 7) is 3.64. The Morgan fingerprint density at radius 3 is 2.33 bits per heavy atom. The van der Waals surface area contributed by atoms with Crippen LogP contribution in [0.2, 0.25) is 0 Å². The van der Waals surface area contributed by atoms with Crippen LogP contribution in [0.3, 0.4) is 0 Å². The molecule has 4 aromatic rings. The maximum Gasteiger partial charge on any atom is 0.294 e. The molecule has 4 rings (SSSR count). The van der Waals surface area contributed by atoms with Crippen molar-refractivity contribution >= 4 is 30.9 Å². The molecule has 0 amide bonds. The minimum Gasteiger partial charge on any atom is -0.360 e. The summed E-state index contributed by atoms with van der Waals surface area (Å²) in [5.41, 5.74) is 3.40. The molecule has 0 aliphatic rings. The van der Waals surface area contributed by atoms with Crippen LogP contribution in [-0.2, 0) is 32.8 Å². The second kappa shape index (κ2) is 8.40. The van der Waals surface area contributed by atoms with E-state index in [0.717, 1.165) is 17.2 Å². The molecule has 0 atom stereocenters. The number of aryl methyl sites for hydroxylation is 2. The Morgan fingerprint density at radius 1 is 0.909 bits per heavy atom. The minimum atomic E-state index is -4.42. The predicted molar refractivity (Wildman–Crippen MR) is 123 cm³/mol. The fraction of sp³-hybridized carbons (Fsp3) is 0.167. The zero-order valence-electron chi connectivity index (χ0n) is 18.0. The predicted octanol–water partition coefficient (Wildman–Crippen LogP) is 4.79. The van der Waals surface area contributed by atoms with E-state index in [9.17, 15) is 25.8 Å². The summed E-state index contributed by atoms with van der Waals surface area (Å²) in [6, 6.07) is 13.2. The van der Waals surface area contributed by atoms with Crippen molar-refractivity contribution in [1.82, 2.24) is 4.98 Å². The Morgan fingerprint density at radius 2 is 1.64 bits per heavy atom. The number of nitrogens with one attached hydrogen (secondary N) is 1. The molecule has 1 heterocycles. The van der Waals surface area contributed by atoms with E-state index in [-0.39, 0.29) is 21.1 Å². The maximum absolute atomic E-state index is 13.7. The highest BCUT2D eigenvalue weighted by Gasteiger charge is 2.24. The highest BCUT2D eigenvalue weighted by molar-refractivity contribution is 7.91. The second-order valence-corrected chi connectivity index (χ2v) is 11.2. The molecule has 3 aromatic carbocycles. The Balaban J connectivity index is 1.81. The SMILES string of the molecule is Cc1ccc(S(=O)(=O)O)c(CCc2cccc3[nH]cc(S(=O)(=O)c4cccc(F)c4)c23)c1C. The third-order valence-corrected chi connectivity index (χ3v) is 8.61. The van der Waals surface area contributed by atoms with Gasteiger partial charge in [-0.25, -0.2) is 12.8 Å². The molecule has 0 saturated heterocycles. The molecular weight excluding hydrogens is 465 g/mol. The third-order valence-electron chi connectivity index (χ3n) is 5.90. The molecule has 0 aliphatic heterocycles. The molecule has 0 bridgehead atoms. The summed E-state index contributed by atoms with van der Waals surface area (Å²) in [5, 5.41) is 0.473. The second-order valence-electron chi connectivity index (χ2n) is 7.91. The molecular formula is C24H22FNO5S2. The van der Waals surface area contributed by atoms with Crippen molar-refractivity contribution < 1.29 is 25.8 Å². The zero-order valence-corrected chi connectivity index (χ0v) is 19.6. The maximum atomic E-state index is 13.7. The van der Waals surface area contributed by atoms with Crippen LogP contribution in [0, 0.1) is 19.7 Å². The van der Waals surface area contributed by atoms with Gasteiger partial charge in [-0.1, -0.05) is 24.3 Å². The van der Waals surface area contributed by atoms with Crippen LogP contribution in [0.5, 0.6) is 0 Å². The number of aromatic nitrogens is 1. The number of fused-ring (bicyclic) bond motifs is 1. The number of rotatable bonds is 6. The van der Waals surface area contributed by atoms with Gasteiger partial charge in [-0.15, -0.1) is 0 Å². The molecule has 2 N–H and O–H groups in total. The summed E-state index contributed by atoms with van der Waals surface area (Å²) in [5.74, 6) is -0.649. The zero-order chi connectivity index (χ0) is 24.0. The molecule has 0 aliphatic carbocycles.